The smallest absolute Gasteiger partial charge is 0.308 e. The molecule has 2 heterocycles. The van der Waals surface area contributed by atoms with E-state index in [0.29, 0.717) is 23.5 Å². The number of carbonyl (C=O) groups is 1. The van der Waals surface area contributed by atoms with E-state index in [1.807, 2.05) is 17.5 Å². The number of ether oxygens (including phenoxy) is 1. The SMILES string of the molecule is CCOC(=O)CC(O)CSc1nnc(-c2cccs2)o1. The molecule has 8 heteroatoms. The molecule has 1 atom stereocenters. The quantitative estimate of drug-likeness (QED) is 0.619. The van der Waals surface area contributed by atoms with Crippen LogP contribution in [0.5, 0.6) is 0 Å². The van der Waals surface area contributed by atoms with E-state index in [-0.39, 0.29) is 6.42 Å². The molecule has 0 radical (unpaired) electrons. The summed E-state index contributed by atoms with van der Waals surface area (Å²) < 4.78 is 10.2. The summed E-state index contributed by atoms with van der Waals surface area (Å²) in [5.74, 6) is 0.345. The summed E-state index contributed by atoms with van der Waals surface area (Å²) in [6.45, 7) is 2.04. The van der Waals surface area contributed by atoms with Crippen molar-refractivity contribution in [3.05, 3.63) is 17.5 Å². The first-order valence-corrected chi connectivity index (χ1v) is 7.89. The Labute approximate surface area is 124 Å². The molecule has 0 aliphatic heterocycles. The molecule has 0 aliphatic rings. The van der Waals surface area contributed by atoms with E-state index < -0.39 is 12.1 Å². The number of aliphatic hydroxyl groups is 1. The number of thiophene rings is 1. The Morgan fingerprint density at radius 2 is 2.45 bits per heavy atom. The fraction of sp³-hybridized carbons (Fsp3) is 0.417. The molecule has 1 N–H and O–H groups in total. The van der Waals surface area contributed by atoms with Crippen LogP contribution in [0, 0.1) is 0 Å². The van der Waals surface area contributed by atoms with Gasteiger partial charge in [0.1, 0.15) is 0 Å². The fourth-order valence-electron chi connectivity index (χ4n) is 1.41. The number of esters is 1. The van der Waals surface area contributed by atoms with Gasteiger partial charge < -0.3 is 14.3 Å². The van der Waals surface area contributed by atoms with Crippen LogP contribution in [0.1, 0.15) is 13.3 Å². The highest BCUT2D eigenvalue weighted by molar-refractivity contribution is 7.99. The van der Waals surface area contributed by atoms with Crippen molar-refractivity contribution in [1.29, 1.82) is 0 Å². The van der Waals surface area contributed by atoms with Crippen LogP contribution >= 0.6 is 23.1 Å². The highest BCUT2D eigenvalue weighted by atomic mass is 32.2. The van der Waals surface area contributed by atoms with Crippen LogP contribution in [-0.2, 0) is 9.53 Å². The van der Waals surface area contributed by atoms with Crippen LogP contribution in [0.3, 0.4) is 0 Å². The number of hydrogen-bond donors (Lipinski definition) is 1. The maximum absolute atomic E-state index is 11.2. The summed E-state index contributed by atoms with van der Waals surface area (Å²) in [5.41, 5.74) is 0. The summed E-state index contributed by atoms with van der Waals surface area (Å²) in [5, 5.41) is 19.8. The van der Waals surface area contributed by atoms with Crippen molar-refractivity contribution in [2.45, 2.75) is 24.7 Å². The lowest BCUT2D eigenvalue weighted by molar-refractivity contribution is -0.144. The summed E-state index contributed by atoms with van der Waals surface area (Å²) in [6, 6.07) is 3.79. The van der Waals surface area contributed by atoms with Crippen LogP contribution in [0.4, 0.5) is 0 Å². The van der Waals surface area contributed by atoms with Gasteiger partial charge in [0, 0.05) is 5.75 Å². The monoisotopic (exact) mass is 314 g/mol. The highest BCUT2D eigenvalue weighted by Gasteiger charge is 2.15. The first kappa shape index (κ1) is 15.0. The van der Waals surface area contributed by atoms with E-state index in [1.54, 1.807) is 6.92 Å². The Morgan fingerprint density at radius 1 is 1.60 bits per heavy atom. The zero-order chi connectivity index (χ0) is 14.4. The molecule has 2 rings (SSSR count). The van der Waals surface area contributed by atoms with Gasteiger partial charge in [-0.15, -0.1) is 21.5 Å². The number of aromatic nitrogens is 2. The van der Waals surface area contributed by atoms with Crippen molar-refractivity contribution < 1.29 is 19.1 Å². The van der Waals surface area contributed by atoms with Gasteiger partial charge in [0.05, 0.1) is 24.0 Å². The lowest BCUT2D eigenvalue weighted by Crippen LogP contribution is -2.17. The molecule has 0 aromatic carbocycles. The Balaban J connectivity index is 1.81. The zero-order valence-electron chi connectivity index (χ0n) is 10.8. The van der Waals surface area contributed by atoms with Gasteiger partial charge in [0.15, 0.2) is 0 Å². The molecule has 0 spiro atoms. The third kappa shape index (κ3) is 4.32. The van der Waals surface area contributed by atoms with Crippen LogP contribution in [-0.4, -0.2) is 39.7 Å². The van der Waals surface area contributed by atoms with E-state index >= 15 is 0 Å². The lowest BCUT2D eigenvalue weighted by Gasteiger charge is -2.07. The average molecular weight is 314 g/mol. The normalized spacial score (nSPS) is 12.3. The van der Waals surface area contributed by atoms with Gasteiger partial charge in [-0.3, -0.25) is 4.79 Å². The van der Waals surface area contributed by atoms with Crippen LogP contribution in [0.2, 0.25) is 0 Å². The Bertz CT molecular complexity index is 541. The van der Waals surface area contributed by atoms with Crippen molar-refractivity contribution in [2.24, 2.45) is 0 Å². The van der Waals surface area contributed by atoms with Crippen molar-refractivity contribution in [1.82, 2.24) is 10.2 Å². The average Bonchev–Trinajstić information content (AvgIpc) is 3.07. The Hall–Kier alpha value is -1.38. The van der Waals surface area contributed by atoms with Gasteiger partial charge >= 0.3 is 5.97 Å². The number of rotatable bonds is 7. The molecule has 2 aromatic rings. The molecule has 0 fully saturated rings. The maximum atomic E-state index is 11.2. The second-order valence-electron chi connectivity index (χ2n) is 3.82. The molecule has 0 aliphatic carbocycles. The first-order chi connectivity index (χ1) is 9.69. The van der Waals surface area contributed by atoms with Crippen LogP contribution in [0.25, 0.3) is 10.8 Å². The van der Waals surface area contributed by atoms with Gasteiger partial charge in [0.2, 0.25) is 0 Å². The Morgan fingerprint density at radius 3 is 3.15 bits per heavy atom. The minimum absolute atomic E-state index is 0.0350. The molecule has 6 nitrogen and oxygen atoms in total. The summed E-state index contributed by atoms with van der Waals surface area (Å²) in [7, 11) is 0. The topological polar surface area (TPSA) is 85.5 Å². The van der Waals surface area contributed by atoms with Gasteiger partial charge in [-0.2, -0.15) is 0 Å². The fourth-order valence-corrected chi connectivity index (χ4v) is 2.74. The van der Waals surface area contributed by atoms with Crippen LogP contribution < -0.4 is 0 Å². The number of nitrogens with zero attached hydrogens (tertiary/aromatic N) is 2. The highest BCUT2D eigenvalue weighted by Crippen LogP contribution is 2.26. The predicted octanol–water partition coefficient (Wildman–Crippen LogP) is 2.20. The largest absolute Gasteiger partial charge is 0.466 e. The zero-order valence-corrected chi connectivity index (χ0v) is 12.4. The number of thioether (sulfide) groups is 1. The molecular weight excluding hydrogens is 300 g/mol. The van der Waals surface area contributed by atoms with E-state index in [0.717, 1.165) is 4.88 Å². The van der Waals surface area contributed by atoms with E-state index in [9.17, 15) is 9.90 Å². The minimum atomic E-state index is -0.795. The Kier molecular flexibility index (Phi) is 5.57. The van der Waals surface area contributed by atoms with E-state index in [1.165, 1.54) is 23.1 Å². The third-order valence-corrected chi connectivity index (χ3v) is 4.07. The van der Waals surface area contributed by atoms with Gasteiger partial charge in [-0.05, 0) is 18.4 Å². The number of aliphatic hydroxyl groups excluding tert-OH is 1. The van der Waals surface area contributed by atoms with Crippen molar-refractivity contribution in [2.75, 3.05) is 12.4 Å². The molecule has 20 heavy (non-hydrogen) atoms. The molecular formula is C12H14N2O4S2. The van der Waals surface area contributed by atoms with Crippen molar-refractivity contribution in [3.63, 3.8) is 0 Å². The second-order valence-corrected chi connectivity index (χ2v) is 5.74. The van der Waals surface area contributed by atoms with Crippen molar-refractivity contribution >= 4 is 29.1 Å². The molecule has 0 bridgehead atoms. The molecule has 1 unspecified atom stereocenters. The van der Waals surface area contributed by atoms with E-state index in [2.05, 4.69) is 10.2 Å². The number of hydrogen-bond acceptors (Lipinski definition) is 8. The molecule has 108 valence electrons. The molecule has 0 amide bonds. The maximum Gasteiger partial charge on any atom is 0.308 e. The van der Waals surface area contributed by atoms with Gasteiger partial charge in [0.25, 0.3) is 11.1 Å². The summed E-state index contributed by atoms with van der Waals surface area (Å²) in [4.78, 5) is 12.1. The third-order valence-electron chi connectivity index (χ3n) is 2.25. The number of carbonyl (C=O) groups excluding carboxylic acids is 1. The first-order valence-electron chi connectivity index (χ1n) is 6.03. The standard InChI is InChI=1S/C12H14N2O4S2/c1-2-17-10(16)6-8(15)7-20-12-14-13-11(18-12)9-4-3-5-19-9/h3-5,8,15H,2,6-7H2,1H3. The lowest BCUT2D eigenvalue weighted by atomic mass is 10.3. The second kappa shape index (κ2) is 7.41. The molecule has 0 saturated carbocycles. The minimum Gasteiger partial charge on any atom is -0.466 e. The van der Waals surface area contributed by atoms with Crippen molar-refractivity contribution in [3.8, 4) is 10.8 Å². The summed E-state index contributed by atoms with van der Waals surface area (Å²) in [6.07, 6.45) is -0.830. The van der Waals surface area contributed by atoms with E-state index in [4.69, 9.17) is 9.15 Å². The molecule has 2 aromatic heterocycles. The summed E-state index contributed by atoms with van der Waals surface area (Å²) >= 11 is 2.72. The predicted molar refractivity (Wildman–Crippen MR) is 75.6 cm³/mol. The van der Waals surface area contributed by atoms with Crippen LogP contribution in [0.15, 0.2) is 27.2 Å². The van der Waals surface area contributed by atoms with Gasteiger partial charge in [-0.1, -0.05) is 17.8 Å². The molecule has 0 saturated heterocycles. The van der Waals surface area contributed by atoms with Gasteiger partial charge in [-0.25, -0.2) is 0 Å².